The molecule has 80 valence electrons. The van der Waals surface area contributed by atoms with E-state index in [4.69, 9.17) is 5.73 Å². The molecular formula is C9H21ClN2O. The molecule has 0 aromatic carbocycles. The Bertz CT molecular complexity index is 149. The van der Waals surface area contributed by atoms with Gasteiger partial charge < -0.3 is 11.1 Å². The lowest BCUT2D eigenvalue weighted by atomic mass is 9.96. The zero-order valence-electron chi connectivity index (χ0n) is 8.72. The van der Waals surface area contributed by atoms with Crippen LogP contribution in [0.15, 0.2) is 0 Å². The highest BCUT2D eigenvalue weighted by Gasteiger charge is 2.17. The van der Waals surface area contributed by atoms with Crippen molar-refractivity contribution in [2.75, 3.05) is 6.54 Å². The highest BCUT2D eigenvalue weighted by atomic mass is 35.5. The van der Waals surface area contributed by atoms with Crippen molar-refractivity contribution in [3.8, 4) is 0 Å². The van der Waals surface area contributed by atoms with Gasteiger partial charge in [-0.25, -0.2) is 0 Å². The first-order valence-electron chi connectivity index (χ1n) is 4.51. The molecule has 0 saturated heterocycles. The molecule has 0 spiro atoms. The van der Waals surface area contributed by atoms with Crippen LogP contribution in [0.4, 0.5) is 0 Å². The lowest BCUT2D eigenvalue weighted by molar-refractivity contribution is -0.119. The monoisotopic (exact) mass is 208 g/mol. The molecule has 0 radical (unpaired) electrons. The Balaban J connectivity index is 0. The van der Waals surface area contributed by atoms with E-state index >= 15 is 0 Å². The van der Waals surface area contributed by atoms with E-state index in [-0.39, 0.29) is 23.9 Å². The van der Waals surface area contributed by atoms with Gasteiger partial charge in [0, 0.05) is 19.0 Å². The Morgan fingerprint density at radius 3 is 2.46 bits per heavy atom. The zero-order chi connectivity index (χ0) is 9.61. The molecule has 0 saturated carbocycles. The Morgan fingerprint density at radius 1 is 1.54 bits per heavy atom. The first kappa shape index (κ1) is 15.2. The van der Waals surface area contributed by atoms with Crippen LogP contribution in [-0.2, 0) is 4.79 Å². The highest BCUT2D eigenvalue weighted by Crippen LogP contribution is 2.08. The minimum absolute atomic E-state index is 0. The summed E-state index contributed by atoms with van der Waals surface area (Å²) >= 11 is 0. The van der Waals surface area contributed by atoms with Crippen molar-refractivity contribution < 1.29 is 4.79 Å². The topological polar surface area (TPSA) is 55.1 Å². The summed E-state index contributed by atoms with van der Waals surface area (Å²) < 4.78 is 0. The Kier molecular flexibility index (Phi) is 8.37. The third-order valence-corrected chi connectivity index (χ3v) is 1.84. The number of hydrogen-bond donors (Lipinski definition) is 2. The Morgan fingerprint density at radius 2 is 2.08 bits per heavy atom. The van der Waals surface area contributed by atoms with Crippen molar-refractivity contribution in [2.24, 2.45) is 5.73 Å². The lowest BCUT2D eigenvalue weighted by Crippen LogP contribution is -2.47. The summed E-state index contributed by atoms with van der Waals surface area (Å²) in [4.78, 5) is 10.6. The van der Waals surface area contributed by atoms with Crippen molar-refractivity contribution in [1.82, 2.24) is 5.32 Å². The molecular weight excluding hydrogens is 188 g/mol. The van der Waals surface area contributed by atoms with E-state index in [0.29, 0.717) is 6.54 Å². The summed E-state index contributed by atoms with van der Waals surface area (Å²) in [6.07, 6.45) is 3.23. The number of rotatable bonds is 5. The van der Waals surface area contributed by atoms with Crippen LogP contribution in [-0.4, -0.2) is 18.0 Å². The van der Waals surface area contributed by atoms with Crippen LogP contribution in [0, 0.1) is 0 Å². The SMILES string of the molecule is CCCCC(C)(N)CNC(C)=O.Cl. The summed E-state index contributed by atoms with van der Waals surface area (Å²) in [6, 6.07) is 0. The summed E-state index contributed by atoms with van der Waals surface area (Å²) in [7, 11) is 0. The maximum Gasteiger partial charge on any atom is 0.216 e. The quantitative estimate of drug-likeness (QED) is 0.719. The molecule has 3 nitrogen and oxygen atoms in total. The van der Waals surface area contributed by atoms with Crippen LogP contribution in [0.25, 0.3) is 0 Å². The number of amides is 1. The van der Waals surface area contributed by atoms with E-state index in [1.165, 1.54) is 6.92 Å². The van der Waals surface area contributed by atoms with Gasteiger partial charge in [-0.1, -0.05) is 19.8 Å². The average molecular weight is 209 g/mol. The van der Waals surface area contributed by atoms with Gasteiger partial charge >= 0.3 is 0 Å². The van der Waals surface area contributed by atoms with Crippen LogP contribution < -0.4 is 11.1 Å². The number of carbonyl (C=O) groups is 1. The van der Waals surface area contributed by atoms with Gasteiger partial charge in [0.25, 0.3) is 0 Å². The van der Waals surface area contributed by atoms with E-state index in [9.17, 15) is 4.79 Å². The number of unbranched alkanes of at least 4 members (excludes halogenated alkanes) is 1. The molecule has 0 aromatic heterocycles. The number of hydrogen-bond acceptors (Lipinski definition) is 2. The molecule has 13 heavy (non-hydrogen) atoms. The normalized spacial score (nSPS) is 14.2. The summed E-state index contributed by atoms with van der Waals surface area (Å²) in [5, 5.41) is 2.73. The maximum atomic E-state index is 10.6. The minimum atomic E-state index is -0.248. The van der Waals surface area contributed by atoms with E-state index < -0.39 is 0 Å². The summed E-state index contributed by atoms with van der Waals surface area (Å²) in [5.74, 6) is -0.0110. The predicted molar refractivity (Wildman–Crippen MR) is 58.0 cm³/mol. The summed E-state index contributed by atoms with van der Waals surface area (Å²) in [5.41, 5.74) is 5.69. The van der Waals surface area contributed by atoms with Gasteiger partial charge in [0.05, 0.1) is 0 Å². The van der Waals surface area contributed by atoms with E-state index in [2.05, 4.69) is 12.2 Å². The predicted octanol–water partition coefficient (Wildman–Crippen LogP) is 1.45. The molecule has 0 aromatic rings. The second-order valence-corrected chi connectivity index (χ2v) is 3.67. The van der Waals surface area contributed by atoms with Gasteiger partial charge in [0.1, 0.15) is 0 Å². The molecule has 0 aliphatic heterocycles. The second kappa shape index (κ2) is 7.15. The van der Waals surface area contributed by atoms with Gasteiger partial charge in [-0.15, -0.1) is 12.4 Å². The standard InChI is InChI=1S/C9H20N2O.ClH/c1-4-5-6-9(3,10)7-11-8(2)12;/h4-7,10H2,1-3H3,(H,11,12);1H. The smallest absolute Gasteiger partial charge is 0.216 e. The largest absolute Gasteiger partial charge is 0.355 e. The van der Waals surface area contributed by atoms with Gasteiger partial charge in [-0.05, 0) is 13.3 Å². The highest BCUT2D eigenvalue weighted by molar-refractivity contribution is 5.85. The first-order chi connectivity index (χ1) is 5.48. The van der Waals surface area contributed by atoms with Crippen molar-refractivity contribution >= 4 is 18.3 Å². The van der Waals surface area contributed by atoms with Crippen LogP contribution in [0.1, 0.15) is 40.0 Å². The number of nitrogens with one attached hydrogen (secondary N) is 1. The molecule has 0 heterocycles. The third kappa shape index (κ3) is 9.64. The molecule has 0 bridgehead atoms. The fourth-order valence-corrected chi connectivity index (χ4v) is 0.995. The van der Waals surface area contributed by atoms with Crippen molar-refractivity contribution in [2.45, 2.75) is 45.6 Å². The third-order valence-electron chi connectivity index (χ3n) is 1.84. The lowest BCUT2D eigenvalue weighted by Gasteiger charge is -2.24. The minimum Gasteiger partial charge on any atom is -0.355 e. The van der Waals surface area contributed by atoms with Crippen molar-refractivity contribution in [3.63, 3.8) is 0 Å². The van der Waals surface area contributed by atoms with Crippen molar-refractivity contribution in [3.05, 3.63) is 0 Å². The molecule has 0 rings (SSSR count). The van der Waals surface area contributed by atoms with E-state index in [1.807, 2.05) is 6.92 Å². The Labute approximate surface area is 86.9 Å². The molecule has 1 amide bonds. The molecule has 0 aliphatic carbocycles. The molecule has 1 unspecified atom stereocenters. The molecule has 3 N–H and O–H groups in total. The van der Waals surface area contributed by atoms with E-state index in [0.717, 1.165) is 19.3 Å². The van der Waals surface area contributed by atoms with Crippen LogP contribution in [0.5, 0.6) is 0 Å². The number of halogens is 1. The van der Waals surface area contributed by atoms with Crippen LogP contribution in [0.2, 0.25) is 0 Å². The second-order valence-electron chi connectivity index (χ2n) is 3.67. The molecule has 0 fully saturated rings. The molecule has 1 atom stereocenters. The van der Waals surface area contributed by atoms with Gasteiger partial charge in [-0.2, -0.15) is 0 Å². The maximum absolute atomic E-state index is 10.6. The molecule has 4 heteroatoms. The first-order valence-corrected chi connectivity index (χ1v) is 4.51. The summed E-state index contributed by atoms with van der Waals surface area (Å²) in [6.45, 7) is 6.19. The average Bonchev–Trinajstić information content (AvgIpc) is 1.98. The number of nitrogens with two attached hydrogens (primary N) is 1. The van der Waals surface area contributed by atoms with Crippen molar-refractivity contribution in [1.29, 1.82) is 0 Å². The molecule has 0 aliphatic rings. The van der Waals surface area contributed by atoms with E-state index in [1.54, 1.807) is 0 Å². The van der Waals surface area contributed by atoms with Gasteiger partial charge in [0.15, 0.2) is 0 Å². The van der Waals surface area contributed by atoms with Crippen LogP contribution >= 0.6 is 12.4 Å². The zero-order valence-corrected chi connectivity index (χ0v) is 9.54. The fraction of sp³-hybridized carbons (Fsp3) is 0.889. The number of carbonyl (C=O) groups excluding carboxylic acids is 1. The fourth-order valence-electron chi connectivity index (χ4n) is 0.995. The Hall–Kier alpha value is -0.280. The van der Waals surface area contributed by atoms with Gasteiger partial charge in [-0.3, -0.25) is 4.79 Å². The van der Waals surface area contributed by atoms with Gasteiger partial charge in [0.2, 0.25) is 5.91 Å². The van der Waals surface area contributed by atoms with Crippen LogP contribution in [0.3, 0.4) is 0 Å².